The number of hydroxylamine groups is 1. The fourth-order valence-electron chi connectivity index (χ4n) is 2.04. The van der Waals surface area contributed by atoms with Crippen molar-refractivity contribution in [1.82, 2.24) is 5.48 Å². The minimum Gasteiger partial charge on any atom is -0.380 e. The van der Waals surface area contributed by atoms with Gasteiger partial charge in [-0.3, -0.25) is 9.63 Å². The molecule has 4 heteroatoms. The van der Waals surface area contributed by atoms with Crippen LogP contribution in [-0.2, 0) is 16.2 Å². The highest BCUT2D eigenvalue weighted by molar-refractivity contribution is 5.84. The third-order valence-electron chi connectivity index (χ3n) is 3.10. The summed E-state index contributed by atoms with van der Waals surface area (Å²) in [4.78, 5) is 16.8. The summed E-state index contributed by atoms with van der Waals surface area (Å²) >= 11 is 0. The minimum absolute atomic E-state index is 0.308. The Labute approximate surface area is 101 Å². The van der Waals surface area contributed by atoms with E-state index in [1.54, 1.807) is 0 Å². The Morgan fingerprint density at radius 3 is 2.59 bits per heavy atom. The van der Waals surface area contributed by atoms with Gasteiger partial charge in [-0.1, -0.05) is 30.3 Å². The van der Waals surface area contributed by atoms with Crippen molar-refractivity contribution in [1.29, 1.82) is 0 Å². The molecule has 2 rings (SSSR count). The molecule has 1 amide bonds. The monoisotopic (exact) mass is 235 g/mol. The number of hydrogen-bond donors (Lipinski definition) is 2. The summed E-state index contributed by atoms with van der Waals surface area (Å²) in [5, 5.41) is 9.96. The average molecular weight is 235 g/mol. The van der Waals surface area contributed by atoms with Crippen LogP contribution >= 0.6 is 0 Å². The smallest absolute Gasteiger partial charge is 0.275 e. The highest BCUT2D eigenvalue weighted by Crippen LogP contribution is 2.29. The lowest BCUT2D eigenvalue weighted by molar-refractivity contribution is -0.153. The van der Waals surface area contributed by atoms with Crippen LogP contribution in [0.25, 0.3) is 0 Å². The van der Waals surface area contributed by atoms with Crippen LogP contribution in [0.3, 0.4) is 0 Å². The van der Waals surface area contributed by atoms with Crippen molar-refractivity contribution in [2.75, 3.05) is 0 Å². The van der Waals surface area contributed by atoms with Gasteiger partial charge in [0.25, 0.3) is 5.91 Å². The van der Waals surface area contributed by atoms with Gasteiger partial charge in [0, 0.05) is 0 Å². The Morgan fingerprint density at radius 1 is 1.29 bits per heavy atom. The zero-order valence-electron chi connectivity index (χ0n) is 9.69. The van der Waals surface area contributed by atoms with Crippen molar-refractivity contribution < 1.29 is 14.7 Å². The molecule has 0 spiro atoms. The van der Waals surface area contributed by atoms with E-state index in [0.29, 0.717) is 19.4 Å². The van der Waals surface area contributed by atoms with Gasteiger partial charge >= 0.3 is 0 Å². The third kappa shape index (κ3) is 3.05. The van der Waals surface area contributed by atoms with Gasteiger partial charge in [-0.25, -0.2) is 5.48 Å². The van der Waals surface area contributed by atoms with Gasteiger partial charge in [-0.15, -0.1) is 0 Å². The zero-order valence-corrected chi connectivity index (χ0v) is 9.69. The van der Waals surface area contributed by atoms with Crippen LogP contribution in [0.2, 0.25) is 0 Å². The molecule has 1 fully saturated rings. The van der Waals surface area contributed by atoms with Gasteiger partial charge in [0.2, 0.25) is 0 Å². The molecule has 1 aliphatic carbocycles. The Kier molecular flexibility index (Phi) is 3.76. The summed E-state index contributed by atoms with van der Waals surface area (Å²) in [7, 11) is 0. The number of benzene rings is 1. The maximum Gasteiger partial charge on any atom is 0.275 e. The van der Waals surface area contributed by atoms with E-state index in [1.165, 1.54) is 0 Å². The molecule has 0 heterocycles. The lowest BCUT2D eigenvalue weighted by atomic mass is 10.0. The molecule has 1 aromatic rings. The van der Waals surface area contributed by atoms with Crippen molar-refractivity contribution in [2.24, 2.45) is 0 Å². The molecule has 1 saturated carbocycles. The lowest BCUT2D eigenvalue weighted by Crippen LogP contribution is -2.44. The molecule has 0 aromatic heterocycles. The number of carbonyl (C=O) groups is 1. The van der Waals surface area contributed by atoms with Crippen molar-refractivity contribution in [2.45, 2.75) is 37.9 Å². The Bertz CT molecular complexity index is 372. The van der Waals surface area contributed by atoms with E-state index < -0.39 is 11.5 Å². The average Bonchev–Trinajstić information content (AvgIpc) is 2.79. The topological polar surface area (TPSA) is 58.6 Å². The quantitative estimate of drug-likeness (QED) is 0.778. The van der Waals surface area contributed by atoms with Gasteiger partial charge < -0.3 is 5.11 Å². The summed E-state index contributed by atoms with van der Waals surface area (Å²) in [6, 6.07) is 9.56. The Morgan fingerprint density at radius 2 is 1.94 bits per heavy atom. The second-order valence-corrected chi connectivity index (χ2v) is 4.44. The Hall–Kier alpha value is -1.39. The largest absolute Gasteiger partial charge is 0.380 e. The van der Waals surface area contributed by atoms with Crippen LogP contribution in [0, 0.1) is 0 Å². The second kappa shape index (κ2) is 5.29. The molecule has 1 aliphatic rings. The maximum atomic E-state index is 11.7. The first-order valence-corrected chi connectivity index (χ1v) is 5.89. The van der Waals surface area contributed by atoms with Crippen LogP contribution < -0.4 is 5.48 Å². The first-order chi connectivity index (χ1) is 8.21. The number of aliphatic hydroxyl groups is 1. The fraction of sp³-hybridized carbons (Fsp3) is 0.462. The zero-order chi connectivity index (χ0) is 12.1. The third-order valence-corrected chi connectivity index (χ3v) is 3.10. The molecule has 2 N–H and O–H groups in total. The highest BCUT2D eigenvalue weighted by Gasteiger charge is 2.38. The van der Waals surface area contributed by atoms with Gasteiger partial charge in [-0.05, 0) is 31.2 Å². The maximum absolute atomic E-state index is 11.7. The van der Waals surface area contributed by atoms with Crippen LogP contribution in [0.1, 0.15) is 31.2 Å². The molecule has 0 bridgehead atoms. The van der Waals surface area contributed by atoms with Crippen molar-refractivity contribution in [3.05, 3.63) is 35.9 Å². The molecule has 0 saturated heterocycles. The summed E-state index contributed by atoms with van der Waals surface area (Å²) in [6.45, 7) is 0.308. The molecule has 92 valence electrons. The number of amides is 1. The SMILES string of the molecule is O=C(NOCc1ccccc1)C1(O)CCCC1. The van der Waals surface area contributed by atoms with Crippen LogP contribution in [0.5, 0.6) is 0 Å². The number of hydrogen-bond acceptors (Lipinski definition) is 3. The molecule has 0 radical (unpaired) electrons. The van der Waals surface area contributed by atoms with E-state index in [0.717, 1.165) is 18.4 Å². The van der Waals surface area contributed by atoms with E-state index in [1.807, 2.05) is 30.3 Å². The first-order valence-electron chi connectivity index (χ1n) is 5.89. The molecule has 4 nitrogen and oxygen atoms in total. The number of carbonyl (C=O) groups excluding carboxylic acids is 1. The van der Waals surface area contributed by atoms with E-state index in [-0.39, 0.29) is 0 Å². The van der Waals surface area contributed by atoms with Gasteiger partial charge in [-0.2, -0.15) is 0 Å². The minimum atomic E-state index is -1.23. The molecular weight excluding hydrogens is 218 g/mol. The van der Waals surface area contributed by atoms with Crippen LogP contribution in [0.4, 0.5) is 0 Å². The molecule has 17 heavy (non-hydrogen) atoms. The van der Waals surface area contributed by atoms with E-state index in [4.69, 9.17) is 4.84 Å². The summed E-state index contributed by atoms with van der Waals surface area (Å²) < 4.78 is 0. The fourth-order valence-corrected chi connectivity index (χ4v) is 2.04. The van der Waals surface area contributed by atoms with Gasteiger partial charge in [0.1, 0.15) is 5.60 Å². The van der Waals surface area contributed by atoms with Crippen molar-refractivity contribution in [3.63, 3.8) is 0 Å². The predicted molar refractivity (Wildman–Crippen MR) is 62.8 cm³/mol. The summed E-state index contributed by atoms with van der Waals surface area (Å²) in [5.74, 6) is -0.425. The highest BCUT2D eigenvalue weighted by atomic mass is 16.7. The van der Waals surface area contributed by atoms with E-state index >= 15 is 0 Å². The summed E-state index contributed by atoms with van der Waals surface area (Å²) in [6.07, 6.45) is 2.83. The molecule has 0 atom stereocenters. The van der Waals surface area contributed by atoms with Crippen LogP contribution in [0.15, 0.2) is 30.3 Å². The molecule has 1 aromatic carbocycles. The van der Waals surface area contributed by atoms with E-state index in [2.05, 4.69) is 5.48 Å². The molecular formula is C13H17NO3. The van der Waals surface area contributed by atoms with Crippen molar-refractivity contribution >= 4 is 5.91 Å². The number of rotatable bonds is 4. The Balaban J connectivity index is 1.77. The molecule has 0 unspecified atom stereocenters. The second-order valence-electron chi connectivity index (χ2n) is 4.44. The van der Waals surface area contributed by atoms with E-state index in [9.17, 15) is 9.90 Å². The lowest BCUT2D eigenvalue weighted by Gasteiger charge is -2.20. The first kappa shape index (κ1) is 12.1. The normalized spacial score (nSPS) is 17.9. The molecule has 0 aliphatic heterocycles. The van der Waals surface area contributed by atoms with Crippen molar-refractivity contribution in [3.8, 4) is 0 Å². The summed E-state index contributed by atoms with van der Waals surface area (Å²) in [5.41, 5.74) is 2.08. The van der Waals surface area contributed by atoms with Crippen LogP contribution in [-0.4, -0.2) is 16.6 Å². The number of nitrogens with one attached hydrogen (secondary N) is 1. The van der Waals surface area contributed by atoms with Gasteiger partial charge in [0.15, 0.2) is 0 Å². The predicted octanol–water partition coefficient (Wildman–Crippen LogP) is 1.54. The van der Waals surface area contributed by atoms with Gasteiger partial charge in [0.05, 0.1) is 6.61 Å². The standard InChI is InChI=1S/C13H17NO3/c15-12(13(16)8-4-5-9-13)14-17-10-11-6-2-1-3-7-11/h1-3,6-7,16H,4-5,8-10H2,(H,14,15).